The van der Waals surface area contributed by atoms with E-state index in [-0.39, 0.29) is 24.0 Å². The molecule has 1 saturated heterocycles. The van der Waals surface area contributed by atoms with Crippen LogP contribution in [-0.2, 0) is 4.74 Å². The van der Waals surface area contributed by atoms with E-state index in [1.165, 1.54) is 6.07 Å². The first-order valence-corrected chi connectivity index (χ1v) is 6.61. The molecule has 0 aromatic heterocycles. The van der Waals surface area contributed by atoms with Crippen LogP contribution in [0.5, 0.6) is 0 Å². The number of hydrogen-bond acceptors (Lipinski definition) is 5. The van der Waals surface area contributed by atoms with Gasteiger partial charge in [-0.1, -0.05) is 0 Å². The standard InChI is InChI=1S/C14H20N2O4/c1-10-6-11(16(18)19)4-5-13(10)15-7-12(8-17)20-14(2,3)9-15/h4-6,12,17H,7-9H2,1-3H3. The summed E-state index contributed by atoms with van der Waals surface area (Å²) in [4.78, 5) is 12.5. The Morgan fingerprint density at radius 1 is 1.55 bits per heavy atom. The number of hydrogen-bond donors (Lipinski definition) is 1. The normalized spacial score (nSPS) is 21.8. The van der Waals surface area contributed by atoms with Crippen molar-refractivity contribution in [3.05, 3.63) is 33.9 Å². The van der Waals surface area contributed by atoms with Gasteiger partial charge < -0.3 is 14.7 Å². The molecule has 1 atom stereocenters. The van der Waals surface area contributed by atoms with Crippen LogP contribution in [0.15, 0.2) is 18.2 Å². The van der Waals surface area contributed by atoms with Gasteiger partial charge in [-0.3, -0.25) is 10.1 Å². The fourth-order valence-electron chi connectivity index (χ4n) is 2.68. The Morgan fingerprint density at radius 3 is 2.80 bits per heavy atom. The van der Waals surface area contributed by atoms with E-state index in [1.807, 2.05) is 20.8 Å². The van der Waals surface area contributed by atoms with Crippen molar-refractivity contribution in [1.82, 2.24) is 0 Å². The summed E-state index contributed by atoms with van der Waals surface area (Å²) >= 11 is 0. The first kappa shape index (κ1) is 14.7. The topological polar surface area (TPSA) is 75.8 Å². The molecule has 1 N–H and O–H groups in total. The highest BCUT2D eigenvalue weighted by Crippen LogP contribution is 2.30. The van der Waals surface area contributed by atoms with Crippen molar-refractivity contribution in [2.75, 3.05) is 24.6 Å². The van der Waals surface area contributed by atoms with Gasteiger partial charge in [0.25, 0.3) is 5.69 Å². The fourth-order valence-corrected chi connectivity index (χ4v) is 2.68. The van der Waals surface area contributed by atoms with Gasteiger partial charge in [0.2, 0.25) is 0 Å². The van der Waals surface area contributed by atoms with Crippen LogP contribution in [0.1, 0.15) is 19.4 Å². The van der Waals surface area contributed by atoms with Crippen molar-refractivity contribution in [3.63, 3.8) is 0 Å². The zero-order chi connectivity index (χ0) is 14.9. The number of nitro benzene ring substituents is 1. The van der Waals surface area contributed by atoms with Crippen molar-refractivity contribution in [2.45, 2.75) is 32.5 Å². The van der Waals surface area contributed by atoms with Crippen LogP contribution in [0.4, 0.5) is 11.4 Å². The quantitative estimate of drug-likeness (QED) is 0.676. The second-order valence-electron chi connectivity index (χ2n) is 5.79. The molecule has 1 fully saturated rings. The Kier molecular flexibility index (Phi) is 3.96. The number of morpholine rings is 1. The lowest BCUT2D eigenvalue weighted by Gasteiger charge is -2.43. The number of ether oxygens (including phenoxy) is 1. The maximum atomic E-state index is 10.8. The molecule has 1 aromatic carbocycles. The molecule has 1 aliphatic rings. The molecule has 110 valence electrons. The Morgan fingerprint density at radius 2 is 2.25 bits per heavy atom. The SMILES string of the molecule is Cc1cc([N+](=O)[O-])ccc1N1CC(CO)OC(C)(C)C1. The van der Waals surface area contributed by atoms with Crippen molar-refractivity contribution in [1.29, 1.82) is 0 Å². The molecule has 1 aliphatic heterocycles. The van der Waals surface area contributed by atoms with Crippen LogP contribution in [0.25, 0.3) is 0 Å². The zero-order valence-corrected chi connectivity index (χ0v) is 12.0. The predicted octanol–water partition coefficient (Wildman–Crippen LogP) is 1.88. The van der Waals surface area contributed by atoms with Gasteiger partial charge >= 0.3 is 0 Å². The van der Waals surface area contributed by atoms with Gasteiger partial charge in [-0.25, -0.2) is 0 Å². The van der Waals surface area contributed by atoms with Gasteiger partial charge in [-0.05, 0) is 32.4 Å². The smallest absolute Gasteiger partial charge is 0.269 e. The largest absolute Gasteiger partial charge is 0.394 e. The second-order valence-corrected chi connectivity index (χ2v) is 5.79. The van der Waals surface area contributed by atoms with Crippen LogP contribution in [0.3, 0.4) is 0 Å². The average molecular weight is 280 g/mol. The molecule has 0 saturated carbocycles. The van der Waals surface area contributed by atoms with Gasteiger partial charge in [-0.2, -0.15) is 0 Å². The van der Waals surface area contributed by atoms with Crippen molar-refractivity contribution < 1.29 is 14.8 Å². The molecule has 2 rings (SSSR count). The molecule has 0 bridgehead atoms. The van der Waals surface area contributed by atoms with E-state index in [0.717, 1.165) is 11.3 Å². The highest BCUT2D eigenvalue weighted by molar-refractivity contribution is 5.58. The van der Waals surface area contributed by atoms with Gasteiger partial charge in [0.1, 0.15) is 0 Å². The van der Waals surface area contributed by atoms with Gasteiger partial charge in [0.15, 0.2) is 0 Å². The van der Waals surface area contributed by atoms with Crippen molar-refractivity contribution in [2.24, 2.45) is 0 Å². The molecular formula is C14H20N2O4. The Bertz CT molecular complexity index is 516. The molecule has 6 nitrogen and oxygen atoms in total. The third-order valence-electron chi connectivity index (χ3n) is 3.42. The third-order valence-corrected chi connectivity index (χ3v) is 3.42. The second kappa shape index (κ2) is 5.38. The highest BCUT2D eigenvalue weighted by Gasteiger charge is 2.33. The first-order chi connectivity index (χ1) is 9.32. The maximum absolute atomic E-state index is 10.8. The lowest BCUT2D eigenvalue weighted by Crippen LogP contribution is -2.54. The van der Waals surface area contributed by atoms with E-state index in [0.29, 0.717) is 13.1 Å². The Labute approximate surface area is 118 Å². The average Bonchev–Trinajstić information content (AvgIpc) is 2.36. The molecule has 6 heteroatoms. The minimum atomic E-state index is -0.392. The minimum Gasteiger partial charge on any atom is -0.394 e. The summed E-state index contributed by atoms with van der Waals surface area (Å²) in [6.45, 7) is 7.04. The lowest BCUT2D eigenvalue weighted by atomic mass is 10.0. The molecule has 1 aromatic rings. The van der Waals surface area contributed by atoms with E-state index >= 15 is 0 Å². The summed E-state index contributed by atoms with van der Waals surface area (Å²) in [6.07, 6.45) is -0.242. The lowest BCUT2D eigenvalue weighted by molar-refractivity contribution is -0.384. The number of non-ortho nitro benzene ring substituents is 1. The molecule has 20 heavy (non-hydrogen) atoms. The fraction of sp³-hybridized carbons (Fsp3) is 0.571. The van der Waals surface area contributed by atoms with Crippen LogP contribution in [0.2, 0.25) is 0 Å². The highest BCUT2D eigenvalue weighted by atomic mass is 16.6. The number of nitrogens with zero attached hydrogens (tertiary/aromatic N) is 2. The van der Waals surface area contributed by atoms with Gasteiger partial charge in [0.05, 0.1) is 23.2 Å². The number of anilines is 1. The van der Waals surface area contributed by atoms with Crippen molar-refractivity contribution in [3.8, 4) is 0 Å². The Hall–Kier alpha value is -1.66. The predicted molar refractivity (Wildman–Crippen MR) is 76.1 cm³/mol. The number of benzene rings is 1. The van der Waals surface area contributed by atoms with Crippen LogP contribution < -0.4 is 4.90 Å². The van der Waals surface area contributed by atoms with Crippen LogP contribution in [0, 0.1) is 17.0 Å². The van der Waals surface area contributed by atoms with E-state index < -0.39 is 4.92 Å². The minimum absolute atomic E-state index is 0.0358. The van der Waals surface area contributed by atoms with Crippen LogP contribution in [-0.4, -0.2) is 41.4 Å². The van der Waals surface area contributed by atoms with E-state index in [4.69, 9.17) is 4.74 Å². The summed E-state index contributed by atoms with van der Waals surface area (Å²) in [5.41, 5.74) is 1.54. The summed E-state index contributed by atoms with van der Waals surface area (Å²) in [5.74, 6) is 0. The number of aryl methyl sites for hydroxylation is 1. The molecule has 0 spiro atoms. The first-order valence-electron chi connectivity index (χ1n) is 6.61. The number of rotatable bonds is 3. The van der Waals surface area contributed by atoms with Crippen LogP contribution >= 0.6 is 0 Å². The number of nitro groups is 1. The third kappa shape index (κ3) is 3.08. The van der Waals surface area contributed by atoms with E-state index in [9.17, 15) is 15.2 Å². The summed E-state index contributed by atoms with van der Waals surface area (Å²) in [5, 5.41) is 20.1. The van der Waals surface area contributed by atoms with Gasteiger partial charge in [0, 0.05) is 30.9 Å². The molecule has 0 aliphatic carbocycles. The number of aliphatic hydroxyl groups is 1. The summed E-state index contributed by atoms with van der Waals surface area (Å²) in [6, 6.07) is 4.85. The zero-order valence-electron chi connectivity index (χ0n) is 12.0. The monoisotopic (exact) mass is 280 g/mol. The molecule has 1 unspecified atom stereocenters. The molecule has 1 heterocycles. The summed E-state index contributed by atoms with van der Waals surface area (Å²) < 4.78 is 5.78. The van der Waals surface area contributed by atoms with Crippen molar-refractivity contribution >= 4 is 11.4 Å². The maximum Gasteiger partial charge on any atom is 0.269 e. The number of aliphatic hydroxyl groups excluding tert-OH is 1. The molecular weight excluding hydrogens is 260 g/mol. The van der Waals surface area contributed by atoms with E-state index in [1.54, 1.807) is 12.1 Å². The summed E-state index contributed by atoms with van der Waals surface area (Å²) in [7, 11) is 0. The Balaban J connectivity index is 2.28. The van der Waals surface area contributed by atoms with E-state index in [2.05, 4.69) is 4.90 Å². The van der Waals surface area contributed by atoms with Gasteiger partial charge in [-0.15, -0.1) is 0 Å². The molecule has 0 amide bonds. The molecule has 0 radical (unpaired) electrons.